The SMILES string of the molecule is c1ccc(-c2cccc(-c3cccc(-c4cccc(-c5ccc(-c6nc(-c7ccccc7-c7ccccc7)c7c(ccc8ccccc87)n6)cc5)c4)c3)c2)cc1. The average molecular weight is 713 g/mol. The Kier molecular flexibility index (Phi) is 8.55. The van der Waals surface area contributed by atoms with Crippen molar-refractivity contribution < 1.29 is 0 Å². The van der Waals surface area contributed by atoms with Gasteiger partial charge in [-0.2, -0.15) is 0 Å². The minimum Gasteiger partial charge on any atom is -0.228 e. The molecule has 0 bridgehead atoms. The zero-order chi connectivity index (χ0) is 37.3. The highest BCUT2D eigenvalue weighted by molar-refractivity contribution is 6.13. The van der Waals surface area contributed by atoms with Crippen LogP contribution in [-0.4, -0.2) is 9.97 Å². The third-order valence-corrected chi connectivity index (χ3v) is 10.7. The van der Waals surface area contributed by atoms with Gasteiger partial charge in [0.2, 0.25) is 0 Å². The topological polar surface area (TPSA) is 25.8 Å². The largest absolute Gasteiger partial charge is 0.228 e. The second kappa shape index (κ2) is 14.4. The van der Waals surface area contributed by atoms with Gasteiger partial charge >= 0.3 is 0 Å². The van der Waals surface area contributed by atoms with Crippen LogP contribution in [0.25, 0.3) is 100.0 Å². The molecule has 56 heavy (non-hydrogen) atoms. The summed E-state index contributed by atoms with van der Waals surface area (Å²) in [5.74, 6) is 0.707. The molecule has 2 heteroatoms. The lowest BCUT2D eigenvalue weighted by molar-refractivity contribution is 1.23. The summed E-state index contributed by atoms with van der Waals surface area (Å²) in [5.41, 5.74) is 15.7. The fourth-order valence-corrected chi connectivity index (χ4v) is 7.86. The third-order valence-electron chi connectivity index (χ3n) is 10.7. The van der Waals surface area contributed by atoms with Crippen molar-refractivity contribution in [3.05, 3.63) is 218 Å². The molecule has 10 aromatic rings. The number of benzene rings is 9. The van der Waals surface area contributed by atoms with E-state index in [9.17, 15) is 0 Å². The molecule has 0 fully saturated rings. The van der Waals surface area contributed by atoms with Gasteiger partial charge in [-0.05, 0) is 90.7 Å². The molecule has 0 atom stereocenters. The Bertz CT molecular complexity index is 3000. The van der Waals surface area contributed by atoms with Crippen LogP contribution >= 0.6 is 0 Å². The third kappa shape index (κ3) is 6.34. The molecule has 1 heterocycles. The van der Waals surface area contributed by atoms with Crippen molar-refractivity contribution >= 4 is 21.7 Å². The Balaban J connectivity index is 1.01. The summed E-state index contributed by atoms with van der Waals surface area (Å²) in [6.07, 6.45) is 0. The van der Waals surface area contributed by atoms with Crippen LogP contribution < -0.4 is 0 Å². The lowest BCUT2D eigenvalue weighted by atomic mass is 9.93. The molecule has 0 aliphatic rings. The average Bonchev–Trinajstić information content (AvgIpc) is 3.29. The molecule has 0 saturated heterocycles. The lowest BCUT2D eigenvalue weighted by Crippen LogP contribution is -1.97. The Morgan fingerprint density at radius 2 is 0.714 bits per heavy atom. The highest BCUT2D eigenvalue weighted by Gasteiger charge is 2.17. The van der Waals surface area contributed by atoms with Gasteiger partial charge in [0.25, 0.3) is 0 Å². The Morgan fingerprint density at radius 3 is 1.32 bits per heavy atom. The van der Waals surface area contributed by atoms with Gasteiger partial charge < -0.3 is 0 Å². The zero-order valence-corrected chi connectivity index (χ0v) is 30.7. The van der Waals surface area contributed by atoms with E-state index >= 15 is 0 Å². The first-order valence-electron chi connectivity index (χ1n) is 19.1. The van der Waals surface area contributed by atoms with Crippen LogP contribution in [0.3, 0.4) is 0 Å². The van der Waals surface area contributed by atoms with Gasteiger partial charge in [-0.3, -0.25) is 0 Å². The maximum atomic E-state index is 5.38. The van der Waals surface area contributed by atoms with Gasteiger partial charge in [0.05, 0.1) is 11.2 Å². The van der Waals surface area contributed by atoms with Crippen molar-refractivity contribution in [1.29, 1.82) is 0 Å². The van der Waals surface area contributed by atoms with E-state index in [0.29, 0.717) is 5.82 Å². The standard InChI is InChI=1S/C54H36N2/c1-3-14-37(15-4-1)42-19-11-21-44(34-42)46-23-13-24-47(36-46)45-22-12-20-43(35-45)38-28-30-41(31-29-38)54-55-51-33-32-40-18-7-8-26-49(40)52(51)53(56-54)50-27-10-9-25-48(50)39-16-5-2-6-17-39/h1-36H. The van der Waals surface area contributed by atoms with E-state index in [1.807, 2.05) is 0 Å². The van der Waals surface area contributed by atoms with Crippen molar-refractivity contribution in [2.75, 3.05) is 0 Å². The second-order valence-electron chi connectivity index (χ2n) is 14.2. The van der Waals surface area contributed by atoms with E-state index in [2.05, 4.69) is 218 Å². The summed E-state index contributed by atoms with van der Waals surface area (Å²) in [4.78, 5) is 10.6. The summed E-state index contributed by atoms with van der Waals surface area (Å²) in [6.45, 7) is 0. The number of hydrogen-bond donors (Lipinski definition) is 0. The summed E-state index contributed by atoms with van der Waals surface area (Å²) in [7, 11) is 0. The molecule has 0 radical (unpaired) electrons. The van der Waals surface area contributed by atoms with Crippen LogP contribution in [0.1, 0.15) is 0 Å². The molecule has 0 aliphatic heterocycles. The molecule has 0 unspecified atom stereocenters. The predicted molar refractivity (Wildman–Crippen MR) is 235 cm³/mol. The van der Waals surface area contributed by atoms with E-state index in [-0.39, 0.29) is 0 Å². The number of fused-ring (bicyclic) bond motifs is 3. The lowest BCUT2D eigenvalue weighted by Gasteiger charge is -2.15. The maximum Gasteiger partial charge on any atom is 0.160 e. The number of rotatable bonds is 7. The van der Waals surface area contributed by atoms with E-state index in [4.69, 9.17) is 9.97 Å². The van der Waals surface area contributed by atoms with Crippen molar-refractivity contribution in [3.63, 3.8) is 0 Å². The first-order chi connectivity index (χ1) is 27.7. The van der Waals surface area contributed by atoms with Gasteiger partial charge in [-0.25, -0.2) is 9.97 Å². The van der Waals surface area contributed by atoms with E-state index in [1.54, 1.807) is 0 Å². The fourth-order valence-electron chi connectivity index (χ4n) is 7.86. The van der Waals surface area contributed by atoms with Crippen molar-refractivity contribution in [2.24, 2.45) is 0 Å². The molecule has 2 nitrogen and oxygen atoms in total. The van der Waals surface area contributed by atoms with E-state index in [0.717, 1.165) is 55.4 Å². The van der Waals surface area contributed by atoms with Crippen LogP contribution in [0.5, 0.6) is 0 Å². The van der Waals surface area contributed by atoms with Crippen LogP contribution in [0.2, 0.25) is 0 Å². The highest BCUT2D eigenvalue weighted by Crippen LogP contribution is 2.39. The molecule has 9 aromatic carbocycles. The normalized spacial score (nSPS) is 11.2. The van der Waals surface area contributed by atoms with Crippen molar-refractivity contribution in [2.45, 2.75) is 0 Å². The number of hydrogen-bond acceptors (Lipinski definition) is 2. The minimum atomic E-state index is 0.707. The molecule has 0 saturated carbocycles. The molecule has 1 aromatic heterocycles. The monoisotopic (exact) mass is 712 g/mol. The number of nitrogens with zero attached hydrogens (tertiary/aromatic N) is 2. The van der Waals surface area contributed by atoms with Crippen LogP contribution in [0.4, 0.5) is 0 Å². The molecule has 10 rings (SSSR count). The van der Waals surface area contributed by atoms with Crippen molar-refractivity contribution in [1.82, 2.24) is 9.97 Å². The summed E-state index contributed by atoms with van der Waals surface area (Å²) >= 11 is 0. The van der Waals surface area contributed by atoms with Gasteiger partial charge in [-0.15, -0.1) is 0 Å². The molecular formula is C54H36N2. The molecule has 0 spiro atoms. The maximum absolute atomic E-state index is 5.38. The molecule has 262 valence electrons. The highest BCUT2D eigenvalue weighted by atomic mass is 14.9. The summed E-state index contributed by atoms with van der Waals surface area (Å²) in [5, 5.41) is 3.39. The Labute approximate surface area is 327 Å². The minimum absolute atomic E-state index is 0.707. The van der Waals surface area contributed by atoms with Crippen LogP contribution in [-0.2, 0) is 0 Å². The molecule has 0 amide bonds. The first kappa shape index (κ1) is 33.2. The summed E-state index contributed by atoms with van der Waals surface area (Å²) in [6, 6.07) is 77.6. The van der Waals surface area contributed by atoms with Gasteiger partial charge in [-0.1, -0.05) is 194 Å². The Hall–Kier alpha value is -7.42. The smallest absolute Gasteiger partial charge is 0.160 e. The quantitative estimate of drug-likeness (QED) is 0.154. The Morgan fingerprint density at radius 1 is 0.268 bits per heavy atom. The fraction of sp³-hybridized carbons (Fsp3) is 0. The second-order valence-corrected chi connectivity index (χ2v) is 14.2. The summed E-state index contributed by atoms with van der Waals surface area (Å²) < 4.78 is 0. The predicted octanol–water partition coefficient (Wildman–Crippen LogP) is 14.5. The molecule has 0 N–H and O–H groups in total. The van der Waals surface area contributed by atoms with E-state index < -0.39 is 0 Å². The molecule has 0 aliphatic carbocycles. The van der Waals surface area contributed by atoms with Gasteiger partial charge in [0, 0.05) is 16.5 Å². The van der Waals surface area contributed by atoms with Gasteiger partial charge in [0.1, 0.15) is 0 Å². The van der Waals surface area contributed by atoms with E-state index in [1.165, 1.54) is 38.8 Å². The van der Waals surface area contributed by atoms with Crippen LogP contribution in [0.15, 0.2) is 218 Å². The first-order valence-corrected chi connectivity index (χ1v) is 19.1. The van der Waals surface area contributed by atoms with Gasteiger partial charge in [0.15, 0.2) is 5.82 Å². The zero-order valence-electron chi connectivity index (χ0n) is 30.7. The molecular weight excluding hydrogens is 677 g/mol. The van der Waals surface area contributed by atoms with Crippen LogP contribution in [0, 0.1) is 0 Å². The van der Waals surface area contributed by atoms with Crippen molar-refractivity contribution in [3.8, 4) is 78.3 Å². The number of aromatic nitrogens is 2.